The van der Waals surface area contributed by atoms with Crippen molar-refractivity contribution in [3.8, 4) is 0 Å². The summed E-state index contributed by atoms with van der Waals surface area (Å²) in [5, 5.41) is -6.31. The minimum Gasteiger partial charge on any atom is -0.743 e. The molecule has 0 aliphatic carbocycles. The molecular weight excluding hydrogens is 253 g/mol. The van der Waals surface area contributed by atoms with E-state index in [1.54, 1.807) is 0 Å². The fourth-order valence-electron chi connectivity index (χ4n) is 0.294. The molecule has 0 saturated heterocycles. The van der Waals surface area contributed by atoms with Crippen molar-refractivity contribution in [1.82, 2.24) is 0 Å². The number of hydrogen-bond acceptors (Lipinski definition) is 3. The summed E-state index contributed by atoms with van der Waals surface area (Å²) in [6.45, 7) is 0. The number of halogens is 6. The molecule has 0 radical (unpaired) electrons. The summed E-state index contributed by atoms with van der Waals surface area (Å²) in [7, 11) is -6.82. The third-order valence-corrected chi connectivity index (χ3v) is 1.88. The van der Waals surface area contributed by atoms with Gasteiger partial charge in [-0.15, -0.1) is 0 Å². The van der Waals surface area contributed by atoms with Crippen LogP contribution in [0.25, 0.3) is 0 Å². The molecule has 0 amide bonds. The van der Waals surface area contributed by atoms with Crippen LogP contribution in [0.15, 0.2) is 0 Å². The van der Waals surface area contributed by atoms with E-state index in [-0.39, 0.29) is 29.6 Å². The first kappa shape index (κ1) is 16.9. The summed E-state index contributed by atoms with van der Waals surface area (Å²) in [5.41, 5.74) is 0. The summed E-state index contributed by atoms with van der Waals surface area (Å²) in [5.74, 6) is -6.19. The Hall–Kier alpha value is 0.490. The van der Waals surface area contributed by atoms with Crippen molar-refractivity contribution in [2.24, 2.45) is 0 Å². The minimum atomic E-state index is -6.82. The first-order chi connectivity index (χ1) is 5.44. The molecule has 0 aromatic carbocycles. The van der Waals surface area contributed by atoms with Crippen molar-refractivity contribution in [1.29, 1.82) is 0 Å². The zero-order valence-electron chi connectivity index (χ0n) is 6.48. The molecule has 0 bridgehead atoms. The van der Waals surface area contributed by atoms with E-state index in [4.69, 9.17) is 0 Å². The third-order valence-electron chi connectivity index (χ3n) is 0.976. The third kappa shape index (κ3) is 2.75. The molecular formula is C3HF6NaO3S. The van der Waals surface area contributed by atoms with Gasteiger partial charge in [0.25, 0.3) is 0 Å². The van der Waals surface area contributed by atoms with Gasteiger partial charge in [-0.1, -0.05) is 0 Å². The molecule has 0 rings (SSSR count). The molecule has 14 heavy (non-hydrogen) atoms. The van der Waals surface area contributed by atoms with Crippen LogP contribution in [0.1, 0.15) is 0 Å². The quantitative estimate of drug-likeness (QED) is 0.333. The van der Waals surface area contributed by atoms with E-state index in [9.17, 15) is 39.3 Å². The second kappa shape index (κ2) is 4.56. The van der Waals surface area contributed by atoms with Crippen molar-refractivity contribution in [2.45, 2.75) is 17.6 Å². The average molecular weight is 254 g/mol. The summed E-state index contributed by atoms with van der Waals surface area (Å²) in [4.78, 5) is 0. The van der Waals surface area contributed by atoms with E-state index in [0.29, 0.717) is 0 Å². The van der Waals surface area contributed by atoms with Crippen LogP contribution >= 0.6 is 0 Å². The van der Waals surface area contributed by atoms with Gasteiger partial charge in [0.05, 0.1) is 0 Å². The Morgan fingerprint density at radius 1 is 1.07 bits per heavy atom. The molecule has 0 aliphatic heterocycles. The summed E-state index contributed by atoms with van der Waals surface area (Å²) in [6, 6.07) is 0. The van der Waals surface area contributed by atoms with Crippen LogP contribution in [0.2, 0.25) is 0 Å². The van der Waals surface area contributed by atoms with Gasteiger partial charge < -0.3 is 4.55 Å². The second-order valence-corrected chi connectivity index (χ2v) is 3.32. The van der Waals surface area contributed by atoms with Gasteiger partial charge in [0.15, 0.2) is 10.1 Å². The summed E-state index contributed by atoms with van der Waals surface area (Å²) in [6.07, 6.45) is -4.94. The Morgan fingerprint density at radius 3 is 1.43 bits per heavy atom. The number of alkyl halides is 6. The van der Waals surface area contributed by atoms with Crippen molar-refractivity contribution >= 4 is 10.1 Å². The van der Waals surface area contributed by atoms with E-state index in [2.05, 4.69) is 0 Å². The van der Waals surface area contributed by atoms with Crippen molar-refractivity contribution in [3.05, 3.63) is 0 Å². The van der Waals surface area contributed by atoms with Gasteiger partial charge in [0, 0.05) is 0 Å². The van der Waals surface area contributed by atoms with Crippen LogP contribution in [-0.2, 0) is 10.1 Å². The predicted molar refractivity (Wildman–Crippen MR) is 25.6 cm³/mol. The van der Waals surface area contributed by atoms with Crippen LogP contribution in [0.3, 0.4) is 0 Å². The van der Waals surface area contributed by atoms with E-state index >= 15 is 0 Å². The van der Waals surface area contributed by atoms with Crippen LogP contribution in [0.4, 0.5) is 26.3 Å². The van der Waals surface area contributed by atoms with E-state index in [1.165, 1.54) is 0 Å². The van der Waals surface area contributed by atoms with Crippen molar-refractivity contribution < 1.29 is 68.9 Å². The molecule has 0 N–H and O–H groups in total. The van der Waals surface area contributed by atoms with E-state index in [1.807, 2.05) is 0 Å². The standard InChI is InChI=1S/C3H2F6O3S.Na/c4-1(5)2(6,7)3(8,9)13(10,11)12;/h1H,(H,10,11,12);/q;+1/p-1. The monoisotopic (exact) mass is 254 g/mol. The molecule has 80 valence electrons. The van der Waals surface area contributed by atoms with Gasteiger partial charge in [-0.3, -0.25) is 0 Å². The average Bonchev–Trinajstić information content (AvgIpc) is 1.84. The van der Waals surface area contributed by atoms with Gasteiger partial charge in [0.2, 0.25) is 0 Å². The molecule has 0 heterocycles. The maximum atomic E-state index is 11.8. The van der Waals surface area contributed by atoms with Crippen LogP contribution in [-0.4, -0.2) is 30.6 Å². The minimum absolute atomic E-state index is 0. The van der Waals surface area contributed by atoms with Gasteiger partial charge in [-0.25, -0.2) is 17.2 Å². The molecule has 0 atom stereocenters. The summed E-state index contributed by atoms with van der Waals surface area (Å²) < 4.78 is 98.0. The normalized spacial score (nSPS) is 14.0. The Kier molecular flexibility index (Phi) is 5.50. The molecule has 0 aromatic rings. The topological polar surface area (TPSA) is 57.2 Å². The fourth-order valence-corrected chi connectivity index (χ4v) is 0.716. The van der Waals surface area contributed by atoms with Gasteiger partial charge >= 0.3 is 47.2 Å². The second-order valence-electron chi connectivity index (χ2n) is 1.89. The Balaban J connectivity index is 0. The Morgan fingerprint density at radius 2 is 1.36 bits per heavy atom. The fraction of sp³-hybridized carbons (Fsp3) is 1.00. The molecule has 0 fully saturated rings. The maximum absolute atomic E-state index is 11.8. The van der Waals surface area contributed by atoms with Crippen LogP contribution < -0.4 is 29.6 Å². The predicted octanol–water partition coefficient (Wildman–Crippen LogP) is -1.97. The molecule has 0 unspecified atom stereocenters. The molecule has 0 saturated carbocycles. The molecule has 3 nitrogen and oxygen atoms in total. The first-order valence-electron chi connectivity index (χ1n) is 2.44. The van der Waals surface area contributed by atoms with Crippen molar-refractivity contribution in [2.75, 3.05) is 0 Å². The van der Waals surface area contributed by atoms with E-state index in [0.717, 1.165) is 0 Å². The molecule has 0 spiro atoms. The number of hydrogen-bond donors (Lipinski definition) is 0. The first-order valence-corrected chi connectivity index (χ1v) is 3.84. The largest absolute Gasteiger partial charge is 1.00 e. The number of rotatable bonds is 3. The van der Waals surface area contributed by atoms with Gasteiger partial charge in [-0.05, 0) is 0 Å². The SMILES string of the molecule is O=S(=O)([O-])C(F)(F)C(F)(F)C(F)F.[Na+]. The maximum Gasteiger partial charge on any atom is 1.00 e. The molecule has 0 aliphatic rings. The van der Waals surface area contributed by atoms with Crippen molar-refractivity contribution in [3.63, 3.8) is 0 Å². The van der Waals surface area contributed by atoms with Crippen LogP contribution in [0.5, 0.6) is 0 Å². The Bertz CT molecular complexity index is 287. The smallest absolute Gasteiger partial charge is 0.743 e. The van der Waals surface area contributed by atoms with E-state index < -0.39 is 27.7 Å². The van der Waals surface area contributed by atoms with Gasteiger partial charge in [-0.2, -0.15) is 17.6 Å². The summed E-state index contributed by atoms with van der Waals surface area (Å²) >= 11 is 0. The van der Waals surface area contributed by atoms with Gasteiger partial charge in [0.1, 0.15) is 0 Å². The molecule has 11 heteroatoms. The zero-order chi connectivity index (χ0) is 11.1. The van der Waals surface area contributed by atoms with Crippen LogP contribution in [0, 0.1) is 0 Å². The molecule has 0 aromatic heterocycles. The zero-order valence-corrected chi connectivity index (χ0v) is 9.29. The Labute approximate surface area is 96.5 Å².